The van der Waals surface area contributed by atoms with Crippen molar-refractivity contribution >= 4 is 31.7 Å². The number of rotatable bonds is 4. The first-order chi connectivity index (χ1) is 10.3. The zero-order valence-electron chi connectivity index (χ0n) is 12.1. The Balaban J connectivity index is 2.14. The molecule has 0 radical (unpaired) electrons. The van der Waals surface area contributed by atoms with Gasteiger partial charge >= 0.3 is 5.97 Å². The van der Waals surface area contributed by atoms with Crippen LogP contribution in [0.5, 0.6) is 0 Å². The van der Waals surface area contributed by atoms with E-state index in [2.05, 4.69) is 21.2 Å². The number of hydrogen-bond acceptors (Lipinski definition) is 5. The molecule has 1 N–H and O–H groups in total. The fourth-order valence-corrected chi connectivity index (χ4v) is 4.23. The number of benzene rings is 1. The number of methoxy groups -OCH3 is 1. The zero-order valence-corrected chi connectivity index (χ0v) is 14.5. The summed E-state index contributed by atoms with van der Waals surface area (Å²) in [7, 11) is -1.83. The highest BCUT2D eigenvalue weighted by Gasteiger charge is 2.44. The van der Waals surface area contributed by atoms with Gasteiger partial charge < -0.3 is 4.74 Å². The summed E-state index contributed by atoms with van der Waals surface area (Å²) in [6.45, 7) is 0.249. The standard InChI is InChI=1S/C14H17BrFNO4S/c1-21-13(18)14(4-6-22(19,20)7-5-14)17-9-10-2-3-11(15)12(16)8-10/h2-3,8,17H,4-7,9H2,1H3. The zero-order chi connectivity index (χ0) is 16.4. The van der Waals surface area contributed by atoms with E-state index in [1.165, 1.54) is 13.2 Å². The first-order valence-corrected chi connectivity index (χ1v) is 9.37. The molecule has 0 amide bonds. The minimum atomic E-state index is -3.10. The van der Waals surface area contributed by atoms with Gasteiger partial charge in [0, 0.05) is 6.54 Å². The van der Waals surface area contributed by atoms with Crippen molar-refractivity contribution in [2.45, 2.75) is 24.9 Å². The van der Waals surface area contributed by atoms with Crippen molar-refractivity contribution in [2.75, 3.05) is 18.6 Å². The number of ether oxygens (including phenoxy) is 1. The third-order valence-corrected chi connectivity index (χ3v) is 6.17. The summed E-state index contributed by atoms with van der Waals surface area (Å²) >= 11 is 3.08. The van der Waals surface area contributed by atoms with Crippen molar-refractivity contribution in [3.05, 3.63) is 34.1 Å². The molecule has 1 saturated heterocycles. The summed E-state index contributed by atoms with van der Waals surface area (Å²) in [5.41, 5.74) is -0.374. The van der Waals surface area contributed by atoms with Crippen molar-refractivity contribution in [3.63, 3.8) is 0 Å². The molecule has 5 nitrogen and oxygen atoms in total. The number of sulfone groups is 1. The molecule has 1 aliphatic heterocycles. The average Bonchev–Trinajstić information content (AvgIpc) is 2.49. The molecule has 1 aliphatic rings. The third-order valence-electron chi connectivity index (χ3n) is 3.87. The molecular weight excluding hydrogens is 377 g/mol. The van der Waals surface area contributed by atoms with Gasteiger partial charge in [0.25, 0.3) is 0 Å². The highest BCUT2D eigenvalue weighted by atomic mass is 79.9. The van der Waals surface area contributed by atoms with E-state index < -0.39 is 27.2 Å². The van der Waals surface area contributed by atoms with Crippen LogP contribution in [0.15, 0.2) is 22.7 Å². The fourth-order valence-electron chi connectivity index (χ4n) is 2.46. The van der Waals surface area contributed by atoms with E-state index >= 15 is 0 Å². The Hall–Kier alpha value is -0.990. The second kappa shape index (κ2) is 6.64. The van der Waals surface area contributed by atoms with E-state index in [4.69, 9.17) is 4.74 Å². The van der Waals surface area contributed by atoms with Gasteiger partial charge in [-0.1, -0.05) is 6.07 Å². The Morgan fingerprint density at radius 3 is 2.59 bits per heavy atom. The van der Waals surface area contributed by atoms with E-state index in [0.29, 0.717) is 10.0 Å². The first-order valence-electron chi connectivity index (χ1n) is 6.76. The summed E-state index contributed by atoms with van der Waals surface area (Å²) in [5.74, 6) is -1.01. The molecule has 1 heterocycles. The number of carbonyl (C=O) groups is 1. The number of halogens is 2. The molecule has 0 saturated carbocycles. The Bertz CT molecular complexity index is 663. The maximum absolute atomic E-state index is 13.5. The number of hydrogen-bond donors (Lipinski definition) is 1. The molecule has 0 unspecified atom stereocenters. The number of carbonyl (C=O) groups excluding carboxylic acids is 1. The van der Waals surface area contributed by atoms with Crippen LogP contribution in [0.4, 0.5) is 4.39 Å². The first kappa shape index (κ1) is 17.4. The molecule has 0 bridgehead atoms. The van der Waals surface area contributed by atoms with E-state index in [-0.39, 0.29) is 30.9 Å². The van der Waals surface area contributed by atoms with Gasteiger partial charge in [-0.25, -0.2) is 12.8 Å². The minimum absolute atomic E-state index is 0.0657. The molecule has 0 aliphatic carbocycles. The molecular formula is C14H17BrFNO4S. The second-order valence-corrected chi connectivity index (χ2v) is 8.49. The Labute approximate surface area is 137 Å². The maximum Gasteiger partial charge on any atom is 0.326 e. The van der Waals surface area contributed by atoms with Crippen LogP contribution >= 0.6 is 15.9 Å². The van der Waals surface area contributed by atoms with Gasteiger partial charge in [-0.3, -0.25) is 10.1 Å². The minimum Gasteiger partial charge on any atom is -0.468 e. The van der Waals surface area contributed by atoms with Crippen LogP contribution in [0.3, 0.4) is 0 Å². The van der Waals surface area contributed by atoms with Crippen LogP contribution in [-0.2, 0) is 25.9 Å². The largest absolute Gasteiger partial charge is 0.468 e. The van der Waals surface area contributed by atoms with Crippen molar-refractivity contribution < 1.29 is 22.3 Å². The molecule has 0 spiro atoms. The van der Waals surface area contributed by atoms with Crippen LogP contribution in [0.25, 0.3) is 0 Å². The summed E-state index contributed by atoms with van der Waals surface area (Å²) in [4.78, 5) is 12.1. The van der Waals surface area contributed by atoms with Crippen LogP contribution in [0.2, 0.25) is 0 Å². The molecule has 0 aromatic heterocycles. The van der Waals surface area contributed by atoms with Gasteiger partial charge in [-0.05, 0) is 46.5 Å². The normalized spacial score (nSPS) is 19.6. The van der Waals surface area contributed by atoms with Gasteiger partial charge in [0.2, 0.25) is 0 Å². The summed E-state index contributed by atoms with van der Waals surface area (Å²) in [6, 6.07) is 4.68. The topological polar surface area (TPSA) is 72.5 Å². The lowest BCUT2D eigenvalue weighted by Gasteiger charge is -2.35. The quantitative estimate of drug-likeness (QED) is 0.789. The lowest BCUT2D eigenvalue weighted by molar-refractivity contribution is -0.149. The second-order valence-electron chi connectivity index (χ2n) is 5.33. The van der Waals surface area contributed by atoms with E-state index in [1.807, 2.05) is 0 Å². The van der Waals surface area contributed by atoms with E-state index in [1.54, 1.807) is 12.1 Å². The maximum atomic E-state index is 13.5. The summed E-state index contributed by atoms with van der Waals surface area (Å²) in [6.07, 6.45) is 0.308. The number of esters is 1. The van der Waals surface area contributed by atoms with Gasteiger partial charge in [-0.15, -0.1) is 0 Å². The van der Waals surface area contributed by atoms with E-state index in [0.717, 1.165) is 0 Å². The molecule has 1 aromatic carbocycles. The van der Waals surface area contributed by atoms with Gasteiger partial charge in [0.15, 0.2) is 0 Å². The lowest BCUT2D eigenvalue weighted by atomic mass is 9.92. The van der Waals surface area contributed by atoms with Crippen molar-refractivity contribution in [3.8, 4) is 0 Å². The smallest absolute Gasteiger partial charge is 0.326 e. The van der Waals surface area contributed by atoms with E-state index in [9.17, 15) is 17.6 Å². The molecule has 1 aromatic rings. The Kier molecular flexibility index (Phi) is 5.24. The number of nitrogens with one attached hydrogen (secondary N) is 1. The van der Waals surface area contributed by atoms with Crippen LogP contribution in [0, 0.1) is 5.82 Å². The molecule has 1 fully saturated rings. The monoisotopic (exact) mass is 393 g/mol. The predicted octanol–water partition coefficient (Wildman–Crippen LogP) is 1.80. The summed E-state index contributed by atoms with van der Waals surface area (Å²) in [5, 5.41) is 3.07. The van der Waals surface area contributed by atoms with Gasteiger partial charge in [0.05, 0.1) is 23.1 Å². The Morgan fingerprint density at radius 1 is 1.41 bits per heavy atom. The third kappa shape index (κ3) is 3.85. The molecule has 8 heteroatoms. The summed E-state index contributed by atoms with van der Waals surface area (Å²) < 4.78 is 41.8. The van der Waals surface area contributed by atoms with Crippen molar-refractivity contribution in [1.29, 1.82) is 0 Å². The predicted molar refractivity (Wildman–Crippen MR) is 83.6 cm³/mol. The molecule has 22 heavy (non-hydrogen) atoms. The highest BCUT2D eigenvalue weighted by Crippen LogP contribution is 2.26. The fraction of sp³-hybridized carbons (Fsp3) is 0.500. The SMILES string of the molecule is COC(=O)C1(NCc2ccc(Br)c(F)c2)CCS(=O)(=O)CC1. The van der Waals surface area contributed by atoms with Crippen molar-refractivity contribution in [2.24, 2.45) is 0 Å². The van der Waals surface area contributed by atoms with Crippen LogP contribution in [-0.4, -0.2) is 38.5 Å². The van der Waals surface area contributed by atoms with Crippen molar-refractivity contribution in [1.82, 2.24) is 5.32 Å². The van der Waals surface area contributed by atoms with Gasteiger partial charge in [0.1, 0.15) is 21.2 Å². The molecule has 0 atom stereocenters. The highest BCUT2D eigenvalue weighted by molar-refractivity contribution is 9.10. The molecule has 2 rings (SSSR count). The lowest BCUT2D eigenvalue weighted by Crippen LogP contribution is -2.56. The Morgan fingerprint density at radius 2 is 2.05 bits per heavy atom. The average molecular weight is 394 g/mol. The van der Waals surface area contributed by atoms with Crippen LogP contribution in [0.1, 0.15) is 18.4 Å². The molecule has 122 valence electrons. The van der Waals surface area contributed by atoms with Gasteiger partial charge in [-0.2, -0.15) is 0 Å². The van der Waals surface area contributed by atoms with Crippen LogP contribution < -0.4 is 5.32 Å².